The van der Waals surface area contributed by atoms with E-state index in [2.05, 4.69) is 15.2 Å². The van der Waals surface area contributed by atoms with E-state index in [9.17, 15) is 36.3 Å². The van der Waals surface area contributed by atoms with E-state index in [1.165, 1.54) is 55.5 Å². The van der Waals surface area contributed by atoms with Gasteiger partial charge >= 0.3 is 17.8 Å². The second-order valence-electron chi connectivity index (χ2n) is 9.00. The Morgan fingerprint density at radius 2 is 1.79 bits per heavy atom. The van der Waals surface area contributed by atoms with Crippen LogP contribution in [-0.4, -0.2) is 60.9 Å². The molecule has 0 spiro atoms. The molecule has 2 unspecified atom stereocenters. The van der Waals surface area contributed by atoms with Gasteiger partial charge in [-0.15, -0.1) is 10.2 Å². The lowest BCUT2D eigenvalue weighted by Gasteiger charge is -2.15. The third kappa shape index (κ3) is 6.70. The molecule has 0 aliphatic heterocycles. The molecule has 0 aliphatic carbocycles. The first-order valence-electron chi connectivity index (χ1n) is 12.0. The van der Waals surface area contributed by atoms with Crippen LogP contribution in [0.4, 0.5) is 13.2 Å². The van der Waals surface area contributed by atoms with Gasteiger partial charge in [0.25, 0.3) is 0 Å². The van der Waals surface area contributed by atoms with Crippen LogP contribution in [-0.2, 0) is 32.6 Å². The topological polar surface area (TPSA) is 177 Å². The molecule has 0 saturated carbocycles. The number of primary sulfonamides is 1. The zero-order valence-corrected chi connectivity index (χ0v) is 23.4. The van der Waals surface area contributed by atoms with E-state index in [0.29, 0.717) is 9.59 Å². The highest BCUT2D eigenvalue weighted by Crippen LogP contribution is 2.26. The number of halogens is 4. The normalized spacial score (nSPS) is 13.6. The fraction of sp³-hybridized carbons (Fsp3) is 0.292. The molecule has 13 nitrogen and oxygen atoms in total. The van der Waals surface area contributed by atoms with Gasteiger partial charge in [-0.1, -0.05) is 23.7 Å². The standard InChI is InChI=1S/C24H23ClF3N7O6S/c1-13(41-14(2)36)21-30-20(31-35(21)17-5-3-4-6-18(17)42(29,39)40)12-34-23(38)33(11-19(37)24(26,27)28)22(32-34)15-7-9-16(25)10-8-15/h3-10,13,19,37H,11-12H2,1-2H3,(H2,29,39,40). The highest BCUT2D eigenvalue weighted by atomic mass is 35.5. The second kappa shape index (κ2) is 11.7. The van der Waals surface area contributed by atoms with Gasteiger partial charge in [0, 0.05) is 17.5 Å². The fourth-order valence-corrected chi connectivity index (χ4v) is 4.82. The Labute approximate surface area is 241 Å². The van der Waals surface area contributed by atoms with E-state index in [1.807, 2.05) is 0 Å². The summed E-state index contributed by atoms with van der Waals surface area (Å²) >= 11 is 5.91. The van der Waals surface area contributed by atoms with Crippen LogP contribution in [0.2, 0.25) is 5.02 Å². The van der Waals surface area contributed by atoms with Gasteiger partial charge < -0.3 is 9.84 Å². The summed E-state index contributed by atoms with van der Waals surface area (Å²) in [4.78, 5) is 28.9. The molecule has 0 amide bonds. The number of para-hydroxylation sites is 1. The minimum Gasteiger partial charge on any atom is -0.455 e. The van der Waals surface area contributed by atoms with Crippen LogP contribution in [0.15, 0.2) is 58.2 Å². The van der Waals surface area contributed by atoms with E-state index in [4.69, 9.17) is 21.5 Å². The Morgan fingerprint density at radius 3 is 2.38 bits per heavy atom. The largest absolute Gasteiger partial charge is 0.455 e. The maximum Gasteiger partial charge on any atom is 0.416 e. The highest BCUT2D eigenvalue weighted by Gasteiger charge is 2.39. The number of rotatable bonds is 9. The third-order valence-electron chi connectivity index (χ3n) is 5.83. The van der Waals surface area contributed by atoms with Crippen molar-refractivity contribution in [1.29, 1.82) is 0 Å². The second-order valence-corrected chi connectivity index (χ2v) is 11.0. The number of aliphatic hydroxyl groups is 1. The number of ether oxygens (including phenoxy) is 1. The summed E-state index contributed by atoms with van der Waals surface area (Å²) < 4.78 is 71.7. The molecule has 0 saturated heterocycles. The van der Waals surface area contributed by atoms with Crippen molar-refractivity contribution in [2.75, 3.05) is 0 Å². The van der Waals surface area contributed by atoms with E-state index >= 15 is 0 Å². The zero-order chi connectivity index (χ0) is 31.0. The van der Waals surface area contributed by atoms with E-state index in [0.717, 1.165) is 16.3 Å². The van der Waals surface area contributed by atoms with Gasteiger partial charge in [0.2, 0.25) is 10.0 Å². The minimum atomic E-state index is -5.02. The van der Waals surface area contributed by atoms with Gasteiger partial charge in [-0.3, -0.25) is 9.36 Å². The number of aliphatic hydroxyl groups excluding tert-OH is 1. The van der Waals surface area contributed by atoms with Gasteiger partial charge in [0.1, 0.15) is 11.4 Å². The van der Waals surface area contributed by atoms with Gasteiger partial charge in [-0.2, -0.15) is 13.2 Å². The van der Waals surface area contributed by atoms with E-state index in [-0.39, 0.29) is 33.6 Å². The van der Waals surface area contributed by atoms with Crippen molar-refractivity contribution in [2.24, 2.45) is 5.14 Å². The monoisotopic (exact) mass is 629 g/mol. The maximum atomic E-state index is 13.3. The molecular formula is C24H23ClF3N7O6S. The number of carbonyl (C=O) groups is 1. The summed E-state index contributed by atoms with van der Waals surface area (Å²) in [5.41, 5.74) is -0.839. The lowest BCUT2D eigenvalue weighted by molar-refractivity contribution is -0.207. The average molecular weight is 630 g/mol. The van der Waals surface area contributed by atoms with E-state index in [1.54, 1.807) is 0 Å². The predicted molar refractivity (Wildman–Crippen MR) is 141 cm³/mol. The van der Waals surface area contributed by atoms with Crippen LogP contribution in [0.3, 0.4) is 0 Å². The molecule has 0 radical (unpaired) electrons. The number of alkyl halides is 3. The quantitative estimate of drug-likeness (QED) is 0.263. The number of benzene rings is 2. The average Bonchev–Trinajstić information content (AvgIpc) is 3.45. The predicted octanol–water partition coefficient (Wildman–Crippen LogP) is 2.19. The number of esters is 1. The minimum absolute atomic E-state index is 0.0409. The molecule has 2 aromatic carbocycles. The van der Waals surface area contributed by atoms with E-state index < -0.39 is 53.2 Å². The Morgan fingerprint density at radius 1 is 1.14 bits per heavy atom. The molecule has 0 aliphatic rings. The van der Waals surface area contributed by atoms with Crippen LogP contribution in [0.5, 0.6) is 0 Å². The molecule has 4 rings (SSSR count). The van der Waals surface area contributed by atoms with Crippen molar-refractivity contribution in [2.45, 2.75) is 50.2 Å². The molecule has 3 N–H and O–H groups in total. The first-order valence-corrected chi connectivity index (χ1v) is 13.9. The van der Waals surface area contributed by atoms with Crippen LogP contribution in [0.25, 0.3) is 17.1 Å². The first kappa shape index (κ1) is 30.9. The number of aromatic nitrogens is 6. The Hall–Kier alpha value is -4.06. The number of nitrogens with zero attached hydrogens (tertiary/aromatic N) is 6. The van der Waals surface area contributed by atoms with Gasteiger partial charge in [-0.25, -0.2) is 32.7 Å². The molecule has 2 aromatic heterocycles. The van der Waals surface area contributed by atoms with Crippen LogP contribution >= 0.6 is 11.6 Å². The van der Waals surface area contributed by atoms with Gasteiger partial charge in [-0.05, 0) is 43.3 Å². The summed E-state index contributed by atoms with van der Waals surface area (Å²) in [7, 11) is -4.26. The molecule has 0 fully saturated rings. The molecule has 18 heteroatoms. The van der Waals surface area contributed by atoms with Gasteiger partial charge in [0.15, 0.2) is 29.7 Å². The van der Waals surface area contributed by atoms with Crippen molar-refractivity contribution in [3.05, 3.63) is 75.7 Å². The number of nitrogens with two attached hydrogens (primary N) is 1. The van der Waals surface area contributed by atoms with Gasteiger partial charge in [0.05, 0.1) is 12.2 Å². The summed E-state index contributed by atoms with van der Waals surface area (Å²) in [5, 5.41) is 23.8. The van der Waals surface area contributed by atoms with Crippen LogP contribution in [0.1, 0.15) is 31.6 Å². The van der Waals surface area contributed by atoms with Crippen molar-refractivity contribution >= 4 is 27.6 Å². The summed E-state index contributed by atoms with van der Waals surface area (Å²) in [6.07, 6.45) is -8.95. The summed E-state index contributed by atoms with van der Waals surface area (Å²) in [6, 6.07) is 11.3. The van der Waals surface area contributed by atoms with Crippen molar-refractivity contribution < 1.29 is 36.2 Å². The highest BCUT2D eigenvalue weighted by molar-refractivity contribution is 7.89. The van der Waals surface area contributed by atoms with Crippen molar-refractivity contribution in [3.63, 3.8) is 0 Å². The molecule has 0 bridgehead atoms. The van der Waals surface area contributed by atoms with Crippen molar-refractivity contribution in [1.82, 2.24) is 29.1 Å². The van der Waals surface area contributed by atoms with Crippen LogP contribution < -0.4 is 10.8 Å². The number of hydrogen-bond acceptors (Lipinski definition) is 9. The lowest BCUT2D eigenvalue weighted by Crippen LogP contribution is -2.37. The Balaban J connectivity index is 1.84. The zero-order valence-electron chi connectivity index (χ0n) is 21.9. The molecule has 2 heterocycles. The van der Waals surface area contributed by atoms with Crippen molar-refractivity contribution in [3.8, 4) is 17.1 Å². The first-order chi connectivity index (χ1) is 19.6. The maximum absolute atomic E-state index is 13.3. The Kier molecular flexibility index (Phi) is 8.58. The summed E-state index contributed by atoms with van der Waals surface area (Å²) in [6.45, 7) is 0.942. The number of sulfonamides is 1. The number of carbonyl (C=O) groups excluding carboxylic acids is 1. The summed E-state index contributed by atoms with van der Waals surface area (Å²) in [5.74, 6) is -1.07. The third-order valence-corrected chi connectivity index (χ3v) is 7.04. The molecule has 2 atom stereocenters. The lowest BCUT2D eigenvalue weighted by atomic mass is 10.2. The molecule has 4 aromatic rings. The Bertz CT molecular complexity index is 1780. The van der Waals surface area contributed by atoms with Crippen LogP contribution in [0, 0.1) is 0 Å². The molecule has 224 valence electrons. The molecular weight excluding hydrogens is 607 g/mol. The smallest absolute Gasteiger partial charge is 0.416 e. The fourth-order valence-electron chi connectivity index (χ4n) is 3.98. The molecule has 42 heavy (non-hydrogen) atoms. The number of hydrogen-bond donors (Lipinski definition) is 2. The SMILES string of the molecule is CC(=O)OC(C)c1nc(Cn2nc(-c3ccc(Cl)cc3)n(CC(O)C(F)(F)F)c2=O)nn1-c1ccccc1S(N)(=O)=O.